The van der Waals surface area contributed by atoms with Crippen LogP contribution in [0.4, 0.5) is 4.39 Å². The number of hydrogen-bond donors (Lipinski definition) is 1. The van der Waals surface area contributed by atoms with Gasteiger partial charge in [-0.2, -0.15) is 0 Å². The first-order valence-corrected chi connectivity index (χ1v) is 6.67. The van der Waals surface area contributed by atoms with Crippen LogP contribution < -0.4 is 5.73 Å². The van der Waals surface area contributed by atoms with Gasteiger partial charge in [-0.15, -0.1) is 0 Å². The number of pyridine rings is 1. The quantitative estimate of drug-likeness (QED) is 0.898. The van der Waals surface area contributed by atoms with E-state index in [9.17, 15) is 14.0 Å². The lowest BCUT2D eigenvalue weighted by Gasteiger charge is -2.33. The third kappa shape index (κ3) is 3.12. The monoisotopic (exact) mass is 279 g/mol. The summed E-state index contributed by atoms with van der Waals surface area (Å²) in [5.41, 5.74) is 5.84. The highest BCUT2D eigenvalue weighted by Gasteiger charge is 2.29. The fourth-order valence-electron chi connectivity index (χ4n) is 2.49. The average Bonchev–Trinajstić information content (AvgIpc) is 2.45. The second-order valence-electron chi connectivity index (χ2n) is 5.18. The zero-order valence-electron chi connectivity index (χ0n) is 11.4. The van der Waals surface area contributed by atoms with Crippen LogP contribution >= 0.6 is 0 Å². The molecule has 1 saturated heterocycles. The standard InChI is InChI=1S/C14H18FN3O2/c1-9(11-5-12(15)7-17-6-11)14(20)18-4-2-3-10(8-18)13(16)19/h5-7,9-10H,2-4,8H2,1H3,(H2,16,19)/t9-,10-/m0/s1. The number of hydrogen-bond acceptors (Lipinski definition) is 3. The van der Waals surface area contributed by atoms with Gasteiger partial charge in [0.25, 0.3) is 0 Å². The number of likely N-dealkylation sites (tertiary alicyclic amines) is 1. The number of aromatic nitrogens is 1. The SMILES string of the molecule is C[C@H](C(=O)N1CCC[C@H](C(N)=O)C1)c1cncc(F)c1. The molecule has 0 bridgehead atoms. The van der Waals surface area contributed by atoms with Crippen LogP contribution in [-0.4, -0.2) is 34.8 Å². The molecule has 0 aromatic carbocycles. The number of amides is 2. The van der Waals surface area contributed by atoms with Gasteiger partial charge in [0.05, 0.1) is 18.0 Å². The molecular weight excluding hydrogens is 261 g/mol. The van der Waals surface area contributed by atoms with Crippen LogP contribution in [0.25, 0.3) is 0 Å². The molecule has 5 nitrogen and oxygen atoms in total. The van der Waals surface area contributed by atoms with Crippen molar-refractivity contribution >= 4 is 11.8 Å². The summed E-state index contributed by atoms with van der Waals surface area (Å²) in [5.74, 6) is -1.72. The normalized spacial score (nSPS) is 20.5. The first kappa shape index (κ1) is 14.4. The van der Waals surface area contributed by atoms with Gasteiger partial charge in [0.1, 0.15) is 5.82 Å². The van der Waals surface area contributed by atoms with Gasteiger partial charge in [-0.1, -0.05) is 0 Å². The van der Waals surface area contributed by atoms with Crippen LogP contribution in [0.1, 0.15) is 31.2 Å². The maximum absolute atomic E-state index is 13.2. The molecule has 20 heavy (non-hydrogen) atoms. The number of nitrogens with two attached hydrogens (primary N) is 1. The minimum absolute atomic E-state index is 0.122. The van der Waals surface area contributed by atoms with Crippen molar-refractivity contribution in [1.82, 2.24) is 9.88 Å². The third-order valence-corrected chi connectivity index (χ3v) is 3.73. The second kappa shape index (κ2) is 5.98. The molecule has 2 rings (SSSR count). The Labute approximate surface area is 117 Å². The topological polar surface area (TPSA) is 76.3 Å². The van der Waals surface area contributed by atoms with E-state index in [1.807, 2.05) is 0 Å². The molecule has 1 aliphatic heterocycles. The van der Waals surface area contributed by atoms with Gasteiger partial charge in [0, 0.05) is 19.3 Å². The summed E-state index contributed by atoms with van der Waals surface area (Å²) in [6.45, 7) is 2.67. The lowest BCUT2D eigenvalue weighted by Crippen LogP contribution is -2.45. The predicted octanol–water partition coefficient (Wildman–Crippen LogP) is 1.05. The number of nitrogens with zero attached hydrogens (tertiary/aromatic N) is 2. The molecule has 0 saturated carbocycles. The second-order valence-corrected chi connectivity index (χ2v) is 5.18. The van der Waals surface area contributed by atoms with Crippen LogP contribution in [0.15, 0.2) is 18.5 Å². The van der Waals surface area contributed by atoms with Crippen molar-refractivity contribution in [1.29, 1.82) is 0 Å². The highest BCUT2D eigenvalue weighted by Crippen LogP contribution is 2.22. The summed E-state index contributed by atoms with van der Waals surface area (Å²) in [7, 11) is 0. The predicted molar refractivity (Wildman–Crippen MR) is 71.1 cm³/mol. The van der Waals surface area contributed by atoms with Crippen LogP contribution in [0, 0.1) is 11.7 Å². The van der Waals surface area contributed by atoms with Gasteiger partial charge in [-0.25, -0.2) is 4.39 Å². The molecule has 0 spiro atoms. The Morgan fingerprint density at radius 3 is 2.90 bits per heavy atom. The fraction of sp³-hybridized carbons (Fsp3) is 0.500. The molecule has 2 N–H and O–H groups in total. The van der Waals surface area contributed by atoms with E-state index in [0.717, 1.165) is 19.0 Å². The smallest absolute Gasteiger partial charge is 0.229 e. The third-order valence-electron chi connectivity index (χ3n) is 3.73. The number of piperidine rings is 1. The number of carbonyl (C=O) groups is 2. The molecule has 108 valence electrons. The summed E-state index contributed by atoms with van der Waals surface area (Å²) in [6.07, 6.45) is 4.06. The zero-order chi connectivity index (χ0) is 14.7. The van der Waals surface area contributed by atoms with Gasteiger partial charge in [0.15, 0.2) is 0 Å². The molecule has 1 aromatic rings. The fourth-order valence-corrected chi connectivity index (χ4v) is 2.49. The summed E-state index contributed by atoms with van der Waals surface area (Å²) in [6, 6.07) is 1.31. The first-order chi connectivity index (χ1) is 9.49. The summed E-state index contributed by atoms with van der Waals surface area (Å²) < 4.78 is 13.2. The maximum Gasteiger partial charge on any atom is 0.229 e. The van der Waals surface area contributed by atoms with Gasteiger partial charge < -0.3 is 10.6 Å². The maximum atomic E-state index is 13.2. The van der Waals surface area contributed by atoms with E-state index in [-0.39, 0.29) is 17.7 Å². The molecular formula is C14H18FN3O2. The van der Waals surface area contributed by atoms with E-state index in [1.165, 1.54) is 12.3 Å². The highest BCUT2D eigenvalue weighted by molar-refractivity contribution is 5.84. The van der Waals surface area contributed by atoms with E-state index in [2.05, 4.69) is 4.98 Å². The molecule has 6 heteroatoms. The Morgan fingerprint density at radius 2 is 2.25 bits per heavy atom. The molecule has 2 heterocycles. The Morgan fingerprint density at radius 1 is 1.50 bits per heavy atom. The van der Waals surface area contributed by atoms with Crippen LogP contribution in [0.3, 0.4) is 0 Å². The summed E-state index contributed by atoms with van der Waals surface area (Å²) in [5, 5.41) is 0. The average molecular weight is 279 g/mol. The number of carbonyl (C=O) groups excluding carboxylic acids is 2. The van der Waals surface area contributed by atoms with Crippen molar-refractivity contribution in [2.24, 2.45) is 11.7 Å². The van der Waals surface area contributed by atoms with Gasteiger partial charge in [-0.05, 0) is 31.4 Å². The number of primary amides is 1. The van der Waals surface area contributed by atoms with E-state index in [1.54, 1.807) is 11.8 Å². The Hall–Kier alpha value is -1.98. The molecule has 2 amide bonds. The molecule has 0 radical (unpaired) electrons. The van der Waals surface area contributed by atoms with Crippen molar-refractivity contribution in [3.05, 3.63) is 29.8 Å². The molecule has 1 aliphatic rings. The number of halogens is 1. The molecule has 2 atom stereocenters. The van der Waals surface area contributed by atoms with Crippen molar-refractivity contribution < 1.29 is 14.0 Å². The summed E-state index contributed by atoms with van der Waals surface area (Å²) in [4.78, 5) is 29.0. The molecule has 0 unspecified atom stereocenters. The molecule has 1 fully saturated rings. The molecule has 0 aliphatic carbocycles. The summed E-state index contributed by atoms with van der Waals surface area (Å²) >= 11 is 0. The lowest BCUT2D eigenvalue weighted by molar-refractivity contribution is -0.136. The van der Waals surface area contributed by atoms with Crippen LogP contribution in [0.5, 0.6) is 0 Å². The van der Waals surface area contributed by atoms with Crippen molar-refractivity contribution in [3.63, 3.8) is 0 Å². The van der Waals surface area contributed by atoms with E-state index in [4.69, 9.17) is 5.73 Å². The van der Waals surface area contributed by atoms with Crippen molar-refractivity contribution in [2.75, 3.05) is 13.1 Å². The van der Waals surface area contributed by atoms with Crippen LogP contribution in [0.2, 0.25) is 0 Å². The Kier molecular flexibility index (Phi) is 4.32. The van der Waals surface area contributed by atoms with E-state index < -0.39 is 11.7 Å². The first-order valence-electron chi connectivity index (χ1n) is 6.67. The van der Waals surface area contributed by atoms with Crippen molar-refractivity contribution in [3.8, 4) is 0 Å². The highest BCUT2D eigenvalue weighted by atomic mass is 19.1. The van der Waals surface area contributed by atoms with Gasteiger partial charge in [-0.3, -0.25) is 14.6 Å². The Bertz CT molecular complexity index is 521. The lowest BCUT2D eigenvalue weighted by atomic mass is 9.94. The van der Waals surface area contributed by atoms with Crippen molar-refractivity contribution in [2.45, 2.75) is 25.7 Å². The van der Waals surface area contributed by atoms with Gasteiger partial charge >= 0.3 is 0 Å². The Balaban J connectivity index is 2.08. The van der Waals surface area contributed by atoms with E-state index >= 15 is 0 Å². The zero-order valence-corrected chi connectivity index (χ0v) is 11.4. The largest absolute Gasteiger partial charge is 0.369 e. The van der Waals surface area contributed by atoms with Crippen LogP contribution in [-0.2, 0) is 9.59 Å². The minimum Gasteiger partial charge on any atom is -0.369 e. The molecule has 1 aromatic heterocycles. The number of rotatable bonds is 3. The minimum atomic E-state index is -0.482. The van der Waals surface area contributed by atoms with Gasteiger partial charge in [0.2, 0.25) is 11.8 Å². The van der Waals surface area contributed by atoms with E-state index in [0.29, 0.717) is 18.7 Å².